The van der Waals surface area contributed by atoms with Gasteiger partial charge in [0.25, 0.3) is 0 Å². The predicted octanol–water partition coefficient (Wildman–Crippen LogP) is 1.64. The average molecular weight is 424 g/mol. The molecule has 3 aromatic rings. The summed E-state index contributed by atoms with van der Waals surface area (Å²) in [5.74, 6) is -0.760. The number of carbonyl (C=O) groups is 1. The molecule has 0 saturated carbocycles. The molecular weight excluding hydrogens is 406 g/mol. The van der Waals surface area contributed by atoms with Gasteiger partial charge in [0.1, 0.15) is 0 Å². The zero-order chi connectivity index (χ0) is 20.3. The maximum Gasteiger partial charge on any atom is 0.419 e. The van der Waals surface area contributed by atoms with Gasteiger partial charge >= 0.3 is 5.76 Å². The van der Waals surface area contributed by atoms with Crippen LogP contribution in [0.5, 0.6) is 0 Å². The zero-order valence-corrected chi connectivity index (χ0v) is 16.3. The summed E-state index contributed by atoms with van der Waals surface area (Å²) in [5.41, 5.74) is 1.82. The van der Waals surface area contributed by atoms with Crippen molar-refractivity contribution < 1.29 is 17.6 Å². The molecule has 0 aliphatic rings. The summed E-state index contributed by atoms with van der Waals surface area (Å²) < 4.78 is 28.9. The van der Waals surface area contributed by atoms with Crippen LogP contribution in [0.15, 0.2) is 56.6 Å². The average Bonchev–Trinajstić information content (AvgIpc) is 2.94. The third-order valence-corrected chi connectivity index (χ3v) is 5.34. The number of sulfonamides is 1. The summed E-state index contributed by atoms with van der Waals surface area (Å²) in [6.45, 7) is 0.543. The Labute approximate surface area is 165 Å². The highest BCUT2D eigenvalue weighted by atomic mass is 35.5. The number of hydrogen-bond acceptors (Lipinski definition) is 5. The Morgan fingerprint density at radius 2 is 1.89 bits per heavy atom. The Kier molecular flexibility index (Phi) is 5.87. The molecule has 0 fully saturated rings. The standard InChI is InChI=1S/C18H18ClN3O5S/c19-13-3-6-16-15(11-13)22(18(24)27-16)10-8-17(23)21-9-7-12-1-4-14(5-2-12)28(20,25)26/h1-6,11H,7-10H2,(H,21,23)(H2,20,25,26). The van der Waals surface area contributed by atoms with E-state index in [0.29, 0.717) is 29.1 Å². The van der Waals surface area contributed by atoms with Crippen molar-refractivity contribution in [2.75, 3.05) is 6.54 Å². The minimum Gasteiger partial charge on any atom is -0.408 e. The van der Waals surface area contributed by atoms with Crippen molar-refractivity contribution in [3.8, 4) is 0 Å². The van der Waals surface area contributed by atoms with Crippen molar-refractivity contribution in [2.24, 2.45) is 5.14 Å². The molecule has 0 unspecified atom stereocenters. The van der Waals surface area contributed by atoms with E-state index in [2.05, 4.69) is 5.32 Å². The topological polar surface area (TPSA) is 124 Å². The number of aromatic nitrogens is 1. The van der Waals surface area contributed by atoms with Gasteiger partial charge in [0, 0.05) is 24.5 Å². The molecule has 3 rings (SSSR count). The fourth-order valence-electron chi connectivity index (χ4n) is 2.74. The molecule has 0 aliphatic heterocycles. The van der Waals surface area contributed by atoms with E-state index < -0.39 is 15.8 Å². The zero-order valence-electron chi connectivity index (χ0n) is 14.7. The van der Waals surface area contributed by atoms with Gasteiger partial charge in [0.2, 0.25) is 15.9 Å². The number of amides is 1. The van der Waals surface area contributed by atoms with Gasteiger partial charge in [-0.25, -0.2) is 18.4 Å². The Balaban J connectivity index is 1.52. The van der Waals surface area contributed by atoms with Gasteiger partial charge in [-0.3, -0.25) is 9.36 Å². The smallest absolute Gasteiger partial charge is 0.408 e. The molecule has 0 saturated heterocycles. The first-order chi connectivity index (χ1) is 13.2. The molecule has 0 bridgehead atoms. The van der Waals surface area contributed by atoms with Gasteiger partial charge in [-0.15, -0.1) is 0 Å². The van der Waals surface area contributed by atoms with Crippen LogP contribution in [0.4, 0.5) is 0 Å². The lowest BCUT2D eigenvalue weighted by Crippen LogP contribution is -2.27. The van der Waals surface area contributed by atoms with E-state index >= 15 is 0 Å². The van der Waals surface area contributed by atoms with Crippen molar-refractivity contribution in [2.45, 2.75) is 24.3 Å². The number of aryl methyl sites for hydroxylation is 1. The molecule has 28 heavy (non-hydrogen) atoms. The lowest BCUT2D eigenvalue weighted by molar-refractivity contribution is -0.121. The molecule has 1 aromatic heterocycles. The SMILES string of the molecule is NS(=O)(=O)c1ccc(CCNC(=O)CCn2c(=O)oc3ccc(Cl)cc32)cc1. The summed E-state index contributed by atoms with van der Waals surface area (Å²) in [4.78, 5) is 24.0. The summed E-state index contributed by atoms with van der Waals surface area (Å²) in [5, 5.41) is 8.29. The molecular formula is C18H18ClN3O5S. The highest BCUT2D eigenvalue weighted by molar-refractivity contribution is 7.89. The molecule has 10 heteroatoms. The van der Waals surface area contributed by atoms with Crippen molar-refractivity contribution in [1.82, 2.24) is 9.88 Å². The molecule has 1 heterocycles. The lowest BCUT2D eigenvalue weighted by atomic mass is 10.1. The molecule has 0 atom stereocenters. The number of nitrogens with zero attached hydrogens (tertiary/aromatic N) is 1. The third-order valence-electron chi connectivity index (χ3n) is 4.18. The van der Waals surface area contributed by atoms with Crippen LogP contribution in [0.2, 0.25) is 5.02 Å². The van der Waals surface area contributed by atoms with E-state index in [-0.39, 0.29) is 23.8 Å². The minimum atomic E-state index is -3.72. The van der Waals surface area contributed by atoms with Crippen LogP contribution in [0.25, 0.3) is 11.1 Å². The van der Waals surface area contributed by atoms with Gasteiger partial charge in [-0.1, -0.05) is 23.7 Å². The number of fused-ring (bicyclic) bond motifs is 1. The van der Waals surface area contributed by atoms with Crippen molar-refractivity contribution in [3.05, 3.63) is 63.6 Å². The molecule has 0 radical (unpaired) electrons. The quantitative estimate of drug-likeness (QED) is 0.597. The van der Waals surface area contributed by atoms with Gasteiger partial charge in [0.15, 0.2) is 5.58 Å². The summed E-state index contributed by atoms with van der Waals surface area (Å²) >= 11 is 5.95. The van der Waals surface area contributed by atoms with Gasteiger partial charge in [-0.05, 0) is 42.3 Å². The number of carbonyl (C=O) groups excluding carboxylic acids is 1. The normalized spacial score (nSPS) is 11.6. The number of benzene rings is 2. The van der Waals surface area contributed by atoms with Crippen molar-refractivity contribution >= 4 is 38.6 Å². The molecule has 0 spiro atoms. The molecule has 148 valence electrons. The van der Waals surface area contributed by atoms with E-state index in [9.17, 15) is 18.0 Å². The van der Waals surface area contributed by atoms with Gasteiger partial charge in [-0.2, -0.15) is 0 Å². The highest BCUT2D eigenvalue weighted by Gasteiger charge is 2.11. The second kappa shape index (κ2) is 8.17. The number of hydrogen-bond donors (Lipinski definition) is 2. The Morgan fingerprint density at radius 3 is 2.57 bits per heavy atom. The Bertz CT molecular complexity index is 1170. The predicted molar refractivity (Wildman–Crippen MR) is 105 cm³/mol. The maximum atomic E-state index is 12.0. The van der Waals surface area contributed by atoms with Crippen LogP contribution in [0.1, 0.15) is 12.0 Å². The largest absolute Gasteiger partial charge is 0.419 e. The first-order valence-electron chi connectivity index (χ1n) is 8.41. The number of rotatable bonds is 7. The number of nitrogens with one attached hydrogen (secondary N) is 1. The van der Waals surface area contributed by atoms with E-state index in [1.54, 1.807) is 30.3 Å². The van der Waals surface area contributed by atoms with E-state index in [1.165, 1.54) is 16.7 Å². The Hall–Kier alpha value is -2.62. The fourth-order valence-corrected chi connectivity index (χ4v) is 3.42. The van der Waals surface area contributed by atoms with Crippen LogP contribution in [-0.2, 0) is 27.8 Å². The first kappa shape index (κ1) is 20.1. The number of oxazole rings is 1. The maximum absolute atomic E-state index is 12.0. The van der Waals surface area contributed by atoms with Crippen LogP contribution in [0, 0.1) is 0 Å². The van der Waals surface area contributed by atoms with Gasteiger partial charge in [0.05, 0.1) is 10.4 Å². The van der Waals surface area contributed by atoms with Crippen LogP contribution in [0.3, 0.4) is 0 Å². The Morgan fingerprint density at radius 1 is 1.18 bits per heavy atom. The molecule has 1 amide bonds. The minimum absolute atomic E-state index is 0.0400. The molecule has 8 nitrogen and oxygen atoms in total. The molecule has 2 aromatic carbocycles. The second-order valence-electron chi connectivity index (χ2n) is 6.17. The van der Waals surface area contributed by atoms with Crippen molar-refractivity contribution in [3.63, 3.8) is 0 Å². The number of nitrogens with two attached hydrogens (primary N) is 1. The van der Waals surface area contributed by atoms with E-state index in [1.807, 2.05) is 0 Å². The summed E-state index contributed by atoms with van der Waals surface area (Å²) in [6.07, 6.45) is 0.631. The summed E-state index contributed by atoms with van der Waals surface area (Å²) in [6, 6.07) is 11.0. The summed E-state index contributed by atoms with van der Waals surface area (Å²) in [7, 11) is -3.72. The lowest BCUT2D eigenvalue weighted by Gasteiger charge is -2.07. The van der Waals surface area contributed by atoms with Crippen LogP contribution >= 0.6 is 11.6 Å². The van der Waals surface area contributed by atoms with E-state index in [4.69, 9.17) is 21.2 Å². The first-order valence-corrected chi connectivity index (χ1v) is 10.3. The van der Waals surface area contributed by atoms with Crippen molar-refractivity contribution in [1.29, 1.82) is 0 Å². The molecule has 0 aliphatic carbocycles. The fraction of sp³-hybridized carbons (Fsp3) is 0.222. The highest BCUT2D eigenvalue weighted by Crippen LogP contribution is 2.18. The second-order valence-corrected chi connectivity index (χ2v) is 8.17. The van der Waals surface area contributed by atoms with E-state index in [0.717, 1.165) is 5.56 Å². The number of primary sulfonamides is 1. The molecule has 3 N–H and O–H groups in total. The van der Waals surface area contributed by atoms with Crippen LogP contribution < -0.4 is 16.2 Å². The number of halogens is 1. The monoisotopic (exact) mass is 423 g/mol. The third kappa shape index (κ3) is 4.80. The van der Waals surface area contributed by atoms with Gasteiger partial charge < -0.3 is 9.73 Å². The van der Waals surface area contributed by atoms with Crippen LogP contribution in [-0.4, -0.2) is 25.4 Å².